The molecule has 136 valence electrons. The van der Waals surface area contributed by atoms with Gasteiger partial charge in [-0.25, -0.2) is 0 Å². The van der Waals surface area contributed by atoms with E-state index in [1.165, 1.54) is 0 Å². The number of carbonyl (C=O) groups is 1. The Morgan fingerprint density at radius 1 is 1.22 bits per heavy atom. The Kier molecular flexibility index (Phi) is 4.86. The fraction of sp³-hybridized carbons (Fsp3) is 0.238. The van der Waals surface area contributed by atoms with Gasteiger partial charge in [0.1, 0.15) is 0 Å². The number of nitrogens with zero attached hydrogens (tertiary/aromatic N) is 3. The molecule has 1 saturated heterocycles. The van der Waals surface area contributed by atoms with Crippen LogP contribution in [0.5, 0.6) is 0 Å². The molecule has 2 aliphatic rings. The number of hydrogen-bond acceptors (Lipinski definition) is 4. The van der Waals surface area contributed by atoms with E-state index in [2.05, 4.69) is 11.0 Å². The number of nitriles is 1. The van der Waals surface area contributed by atoms with Crippen molar-refractivity contribution < 1.29 is 4.79 Å². The molecule has 4 rings (SSSR count). The van der Waals surface area contributed by atoms with Crippen molar-refractivity contribution >= 4 is 35.0 Å². The van der Waals surface area contributed by atoms with Crippen molar-refractivity contribution in [2.75, 3.05) is 17.4 Å². The Morgan fingerprint density at radius 3 is 2.78 bits per heavy atom. The molecule has 1 fully saturated rings. The highest BCUT2D eigenvalue weighted by Gasteiger charge is 2.38. The zero-order chi connectivity index (χ0) is 19.0. The minimum absolute atomic E-state index is 0.0523. The number of thioether (sulfide) groups is 1. The zero-order valence-electron chi connectivity index (χ0n) is 14.9. The monoisotopic (exact) mass is 395 g/mol. The molecule has 0 N–H and O–H groups in total. The van der Waals surface area contributed by atoms with Gasteiger partial charge >= 0.3 is 0 Å². The molecule has 0 bridgehead atoms. The van der Waals surface area contributed by atoms with Crippen LogP contribution in [0.1, 0.15) is 23.5 Å². The van der Waals surface area contributed by atoms with Crippen LogP contribution >= 0.6 is 23.4 Å². The van der Waals surface area contributed by atoms with E-state index in [1.54, 1.807) is 16.7 Å². The first kappa shape index (κ1) is 18.0. The zero-order valence-corrected chi connectivity index (χ0v) is 16.4. The van der Waals surface area contributed by atoms with Crippen LogP contribution < -0.4 is 4.90 Å². The third-order valence-corrected chi connectivity index (χ3v) is 6.42. The lowest BCUT2D eigenvalue weighted by Crippen LogP contribution is -2.47. The van der Waals surface area contributed by atoms with Crippen molar-refractivity contribution in [1.82, 2.24) is 4.90 Å². The van der Waals surface area contributed by atoms with Crippen LogP contribution in [0, 0.1) is 18.3 Å². The van der Waals surface area contributed by atoms with E-state index >= 15 is 0 Å². The second-order valence-electron chi connectivity index (χ2n) is 6.70. The Labute approximate surface area is 168 Å². The normalized spacial score (nSPS) is 19.7. The van der Waals surface area contributed by atoms with Crippen LogP contribution in [0.15, 0.2) is 59.1 Å². The highest BCUT2D eigenvalue weighted by atomic mass is 35.5. The van der Waals surface area contributed by atoms with Gasteiger partial charge in [0.15, 0.2) is 0 Å². The van der Waals surface area contributed by atoms with Crippen LogP contribution in [-0.4, -0.2) is 23.4 Å². The highest BCUT2D eigenvalue weighted by molar-refractivity contribution is 8.03. The van der Waals surface area contributed by atoms with Gasteiger partial charge in [-0.1, -0.05) is 53.7 Å². The summed E-state index contributed by atoms with van der Waals surface area (Å²) in [5, 5.41) is 11.3. The number of anilines is 1. The lowest BCUT2D eigenvalue weighted by Gasteiger charge is -2.42. The first-order chi connectivity index (χ1) is 13.1. The summed E-state index contributed by atoms with van der Waals surface area (Å²) < 4.78 is 0. The molecule has 0 spiro atoms. The van der Waals surface area contributed by atoms with E-state index in [1.807, 2.05) is 55.5 Å². The van der Waals surface area contributed by atoms with Gasteiger partial charge in [0.2, 0.25) is 5.91 Å². The van der Waals surface area contributed by atoms with Crippen molar-refractivity contribution in [1.29, 1.82) is 5.26 Å². The van der Waals surface area contributed by atoms with Gasteiger partial charge in [-0.3, -0.25) is 9.69 Å². The molecule has 0 saturated carbocycles. The van der Waals surface area contributed by atoms with E-state index < -0.39 is 0 Å². The van der Waals surface area contributed by atoms with Gasteiger partial charge in [-0.2, -0.15) is 5.26 Å². The van der Waals surface area contributed by atoms with E-state index in [0.717, 1.165) is 21.8 Å². The molecule has 2 aliphatic heterocycles. The van der Waals surface area contributed by atoms with Gasteiger partial charge < -0.3 is 4.90 Å². The van der Waals surface area contributed by atoms with Crippen LogP contribution in [0.4, 0.5) is 5.69 Å². The summed E-state index contributed by atoms with van der Waals surface area (Å²) in [6, 6.07) is 18.0. The maximum atomic E-state index is 12.9. The fourth-order valence-corrected chi connectivity index (χ4v) is 4.99. The number of fused-ring (bicyclic) bond motifs is 1. The number of benzene rings is 2. The number of amides is 1. The molecule has 0 aliphatic carbocycles. The first-order valence-corrected chi connectivity index (χ1v) is 10.1. The predicted octanol–water partition coefficient (Wildman–Crippen LogP) is 4.87. The molecule has 6 heteroatoms. The summed E-state index contributed by atoms with van der Waals surface area (Å²) in [7, 11) is 0. The van der Waals surface area contributed by atoms with Gasteiger partial charge in [0.05, 0.1) is 29.2 Å². The SMILES string of the molecule is Cc1ccccc1C1CC(=O)N2CN(c3cccc(Cl)c3)CSC2=C1C#N. The second-order valence-corrected chi connectivity index (χ2v) is 8.07. The van der Waals surface area contributed by atoms with Crippen molar-refractivity contribution in [3.05, 3.63) is 75.3 Å². The Balaban J connectivity index is 1.69. The Hall–Kier alpha value is -2.42. The number of allylic oxidation sites excluding steroid dienone is 1. The van der Waals surface area contributed by atoms with Crippen molar-refractivity contribution in [3.8, 4) is 6.07 Å². The Bertz CT molecular complexity index is 981. The predicted molar refractivity (Wildman–Crippen MR) is 109 cm³/mol. The van der Waals surface area contributed by atoms with Crippen LogP contribution in [0.3, 0.4) is 0 Å². The maximum absolute atomic E-state index is 12.9. The molecular formula is C21H18ClN3OS. The summed E-state index contributed by atoms with van der Waals surface area (Å²) in [4.78, 5) is 16.8. The third kappa shape index (κ3) is 3.31. The molecular weight excluding hydrogens is 378 g/mol. The lowest BCUT2D eigenvalue weighted by molar-refractivity contribution is -0.129. The summed E-state index contributed by atoms with van der Waals surface area (Å²) in [5.74, 6) is 0.558. The standard InChI is InChI=1S/C21H18ClN3OS/c1-14-5-2-3-8-17(14)18-10-20(26)25-12-24(13-27-21(25)19(18)11-23)16-7-4-6-15(22)9-16/h2-9,18H,10,12-13H2,1H3. The van der Waals surface area contributed by atoms with E-state index in [0.29, 0.717) is 29.6 Å². The van der Waals surface area contributed by atoms with E-state index in [-0.39, 0.29) is 11.8 Å². The van der Waals surface area contributed by atoms with Crippen molar-refractivity contribution in [2.24, 2.45) is 0 Å². The van der Waals surface area contributed by atoms with Gasteiger partial charge in [0.25, 0.3) is 0 Å². The van der Waals surface area contributed by atoms with Crippen LogP contribution in [0.2, 0.25) is 5.02 Å². The molecule has 27 heavy (non-hydrogen) atoms. The summed E-state index contributed by atoms with van der Waals surface area (Å²) >= 11 is 7.65. The van der Waals surface area contributed by atoms with Gasteiger partial charge in [0, 0.05) is 23.0 Å². The number of carbonyl (C=O) groups excluding carboxylic acids is 1. The van der Waals surface area contributed by atoms with E-state index in [4.69, 9.17) is 11.6 Å². The molecule has 0 aromatic heterocycles. The molecule has 2 aromatic carbocycles. The Morgan fingerprint density at radius 2 is 2.04 bits per heavy atom. The van der Waals surface area contributed by atoms with Crippen molar-refractivity contribution in [3.63, 3.8) is 0 Å². The molecule has 1 atom stereocenters. The highest BCUT2D eigenvalue weighted by Crippen LogP contribution is 2.43. The molecule has 4 nitrogen and oxygen atoms in total. The first-order valence-electron chi connectivity index (χ1n) is 8.72. The summed E-state index contributed by atoms with van der Waals surface area (Å²) in [6.07, 6.45) is 0.321. The molecule has 1 amide bonds. The molecule has 0 radical (unpaired) electrons. The minimum Gasteiger partial charge on any atom is -0.344 e. The van der Waals surface area contributed by atoms with Gasteiger partial charge in [-0.15, -0.1) is 0 Å². The average molecular weight is 396 g/mol. The third-order valence-electron chi connectivity index (χ3n) is 5.03. The molecule has 2 heterocycles. The smallest absolute Gasteiger partial charge is 0.229 e. The largest absolute Gasteiger partial charge is 0.344 e. The number of aryl methyl sites for hydroxylation is 1. The van der Waals surface area contributed by atoms with Gasteiger partial charge in [-0.05, 0) is 36.2 Å². The topological polar surface area (TPSA) is 47.3 Å². The molecule has 2 aromatic rings. The maximum Gasteiger partial charge on any atom is 0.229 e. The summed E-state index contributed by atoms with van der Waals surface area (Å²) in [6.45, 7) is 2.47. The number of halogens is 1. The quantitative estimate of drug-likeness (QED) is 0.727. The average Bonchev–Trinajstić information content (AvgIpc) is 2.68. The van der Waals surface area contributed by atoms with Crippen molar-refractivity contribution in [2.45, 2.75) is 19.3 Å². The number of hydrogen-bond donors (Lipinski definition) is 0. The molecule has 1 unspecified atom stereocenters. The lowest BCUT2D eigenvalue weighted by atomic mass is 9.84. The van der Waals surface area contributed by atoms with Crippen LogP contribution in [-0.2, 0) is 4.79 Å². The van der Waals surface area contributed by atoms with Crippen LogP contribution in [0.25, 0.3) is 0 Å². The van der Waals surface area contributed by atoms with E-state index in [9.17, 15) is 10.1 Å². The summed E-state index contributed by atoms with van der Waals surface area (Å²) in [5.41, 5.74) is 3.84. The minimum atomic E-state index is -0.167. The number of rotatable bonds is 2. The fourth-order valence-electron chi connectivity index (χ4n) is 3.64. The second kappa shape index (κ2) is 7.30.